The van der Waals surface area contributed by atoms with Crippen LogP contribution in [0.1, 0.15) is 24.8 Å². The summed E-state index contributed by atoms with van der Waals surface area (Å²) in [5, 5.41) is 2.91. The molecule has 1 aromatic carbocycles. The molecule has 0 bridgehead atoms. The summed E-state index contributed by atoms with van der Waals surface area (Å²) in [7, 11) is 0. The van der Waals surface area contributed by atoms with E-state index in [0.717, 1.165) is 18.7 Å². The largest absolute Gasteiger partial charge is 0.492 e. The maximum absolute atomic E-state index is 12.4. The molecule has 1 aliphatic rings. The van der Waals surface area contributed by atoms with Gasteiger partial charge in [0.15, 0.2) is 5.96 Å². The Bertz CT molecular complexity index is 502. The Labute approximate surface area is 150 Å². The predicted molar refractivity (Wildman–Crippen MR) is 94.2 cm³/mol. The van der Waals surface area contributed by atoms with Gasteiger partial charge in [0.05, 0.1) is 12.1 Å². The summed E-state index contributed by atoms with van der Waals surface area (Å²) < 4.78 is 42.5. The first kappa shape index (κ1) is 19.9. The molecule has 0 heterocycles. The van der Waals surface area contributed by atoms with Gasteiger partial charge >= 0.3 is 6.18 Å². The van der Waals surface area contributed by atoms with Gasteiger partial charge in [0.2, 0.25) is 0 Å². The second-order valence-corrected chi connectivity index (χ2v) is 5.32. The number of guanidine groups is 1. The highest BCUT2D eigenvalue weighted by atomic mass is 127. The molecule has 0 aliphatic heterocycles. The number of rotatable bonds is 6. The number of nitrogens with one attached hydrogen (secondary N) is 1. The normalized spacial score (nSPS) is 15.5. The quantitative estimate of drug-likeness (QED) is 0.307. The van der Waals surface area contributed by atoms with Crippen molar-refractivity contribution in [2.75, 3.05) is 19.7 Å². The second kappa shape index (κ2) is 9.19. The lowest BCUT2D eigenvalue weighted by Crippen LogP contribution is -2.35. The Morgan fingerprint density at radius 3 is 2.43 bits per heavy atom. The van der Waals surface area contributed by atoms with Crippen molar-refractivity contribution in [2.24, 2.45) is 16.6 Å². The summed E-state index contributed by atoms with van der Waals surface area (Å²) in [6.07, 6.45) is -0.623. The number of nitrogens with zero attached hydrogens (tertiary/aromatic N) is 1. The summed E-state index contributed by atoms with van der Waals surface area (Å²) in [5.41, 5.74) is 5.02. The fraction of sp³-hybridized carbons (Fsp3) is 0.533. The van der Waals surface area contributed by atoms with Gasteiger partial charge in [-0.1, -0.05) is 6.42 Å². The molecule has 0 atom stereocenters. The first-order valence-electron chi connectivity index (χ1n) is 7.29. The van der Waals surface area contributed by atoms with Gasteiger partial charge in [0, 0.05) is 6.54 Å². The van der Waals surface area contributed by atoms with Gasteiger partial charge in [0.1, 0.15) is 12.4 Å². The lowest BCUT2D eigenvalue weighted by molar-refractivity contribution is -0.137. The number of hydrogen-bond donors (Lipinski definition) is 2. The first-order valence-corrected chi connectivity index (χ1v) is 7.29. The van der Waals surface area contributed by atoms with Gasteiger partial charge in [0.25, 0.3) is 0 Å². The number of hydrogen-bond acceptors (Lipinski definition) is 2. The van der Waals surface area contributed by atoms with Crippen LogP contribution in [0, 0.1) is 5.92 Å². The summed E-state index contributed by atoms with van der Waals surface area (Å²) in [4.78, 5) is 4.23. The number of benzene rings is 1. The average molecular weight is 443 g/mol. The monoisotopic (exact) mass is 443 g/mol. The third-order valence-electron chi connectivity index (χ3n) is 3.60. The fourth-order valence-electron chi connectivity index (χ4n) is 2.05. The zero-order valence-corrected chi connectivity index (χ0v) is 14.9. The highest BCUT2D eigenvalue weighted by molar-refractivity contribution is 14.0. The van der Waals surface area contributed by atoms with E-state index in [1.165, 1.54) is 31.4 Å². The zero-order valence-electron chi connectivity index (χ0n) is 12.6. The Kier molecular flexibility index (Phi) is 7.93. The minimum absolute atomic E-state index is 0. The van der Waals surface area contributed by atoms with Crippen molar-refractivity contribution in [1.29, 1.82) is 0 Å². The molecule has 1 fully saturated rings. The smallest absolute Gasteiger partial charge is 0.416 e. The standard InChI is InChI=1S/C15H20F3N3O.HI/c16-15(17,18)12-4-6-13(7-5-12)22-9-8-20-14(19)21-10-11-2-1-3-11;/h4-7,11H,1-3,8-10H2,(H3,19,20,21);1H. The van der Waals surface area contributed by atoms with Gasteiger partial charge in [-0.2, -0.15) is 13.2 Å². The van der Waals surface area contributed by atoms with Crippen LogP contribution in [0.5, 0.6) is 5.75 Å². The first-order chi connectivity index (χ1) is 10.4. The summed E-state index contributed by atoms with van der Waals surface area (Å²) in [5.74, 6) is 1.42. The highest BCUT2D eigenvalue weighted by Crippen LogP contribution is 2.30. The molecule has 1 aromatic rings. The SMILES string of the molecule is I.NC(=NCC1CCC1)NCCOc1ccc(C(F)(F)F)cc1. The molecule has 0 aromatic heterocycles. The lowest BCUT2D eigenvalue weighted by Gasteiger charge is -2.23. The lowest BCUT2D eigenvalue weighted by atomic mass is 9.86. The van der Waals surface area contributed by atoms with Crippen molar-refractivity contribution in [3.05, 3.63) is 29.8 Å². The maximum atomic E-state index is 12.4. The summed E-state index contributed by atoms with van der Waals surface area (Å²) >= 11 is 0. The number of ether oxygens (including phenoxy) is 1. The van der Waals surface area contributed by atoms with E-state index >= 15 is 0 Å². The van der Waals surface area contributed by atoms with Gasteiger partial charge in [-0.05, 0) is 43.0 Å². The molecule has 130 valence electrons. The molecule has 0 radical (unpaired) electrons. The van der Waals surface area contributed by atoms with Crippen molar-refractivity contribution in [2.45, 2.75) is 25.4 Å². The van der Waals surface area contributed by atoms with Crippen LogP contribution in [-0.4, -0.2) is 25.7 Å². The Morgan fingerprint density at radius 2 is 1.91 bits per heavy atom. The zero-order chi connectivity index (χ0) is 16.0. The molecule has 4 nitrogen and oxygen atoms in total. The molecule has 0 amide bonds. The fourth-order valence-corrected chi connectivity index (χ4v) is 2.05. The van der Waals surface area contributed by atoms with Crippen LogP contribution < -0.4 is 15.8 Å². The van der Waals surface area contributed by atoms with Crippen molar-refractivity contribution in [1.82, 2.24) is 5.32 Å². The Balaban J connectivity index is 0.00000264. The van der Waals surface area contributed by atoms with Gasteiger partial charge in [-0.3, -0.25) is 4.99 Å². The van der Waals surface area contributed by atoms with Gasteiger partial charge in [-0.15, -0.1) is 24.0 Å². The third-order valence-corrected chi connectivity index (χ3v) is 3.60. The number of aliphatic imine (C=N–C) groups is 1. The van der Waals surface area contributed by atoms with Crippen LogP contribution in [0.15, 0.2) is 29.3 Å². The van der Waals surface area contributed by atoms with Gasteiger partial charge < -0.3 is 15.8 Å². The second-order valence-electron chi connectivity index (χ2n) is 5.32. The molecule has 3 N–H and O–H groups in total. The van der Waals surface area contributed by atoms with Crippen LogP contribution in [0.2, 0.25) is 0 Å². The predicted octanol–water partition coefficient (Wildman–Crippen LogP) is 3.41. The summed E-state index contributed by atoms with van der Waals surface area (Å²) in [6, 6.07) is 4.60. The number of alkyl halides is 3. The molecular formula is C15H21F3IN3O. The van der Waals surface area contributed by atoms with Crippen molar-refractivity contribution in [3.8, 4) is 5.75 Å². The van der Waals surface area contributed by atoms with E-state index in [4.69, 9.17) is 10.5 Å². The number of nitrogens with two attached hydrogens (primary N) is 1. The van der Waals surface area contributed by atoms with E-state index < -0.39 is 11.7 Å². The van der Waals surface area contributed by atoms with E-state index in [1.54, 1.807) is 0 Å². The van der Waals surface area contributed by atoms with Crippen molar-refractivity contribution < 1.29 is 17.9 Å². The molecule has 2 rings (SSSR count). The number of halogens is 4. The van der Waals surface area contributed by atoms with E-state index in [-0.39, 0.29) is 24.0 Å². The Hall–Kier alpha value is -1.19. The molecule has 8 heteroatoms. The van der Waals surface area contributed by atoms with Gasteiger partial charge in [-0.25, -0.2) is 0 Å². The molecule has 23 heavy (non-hydrogen) atoms. The molecule has 0 spiro atoms. The average Bonchev–Trinajstić information content (AvgIpc) is 2.41. The van der Waals surface area contributed by atoms with Crippen LogP contribution in [0.25, 0.3) is 0 Å². The van der Waals surface area contributed by atoms with Crippen LogP contribution in [0.3, 0.4) is 0 Å². The van der Waals surface area contributed by atoms with E-state index in [9.17, 15) is 13.2 Å². The summed E-state index contributed by atoms with van der Waals surface area (Å²) in [6.45, 7) is 1.49. The van der Waals surface area contributed by atoms with Crippen molar-refractivity contribution >= 4 is 29.9 Å². The van der Waals surface area contributed by atoms with Crippen LogP contribution in [0.4, 0.5) is 13.2 Å². The minimum Gasteiger partial charge on any atom is -0.492 e. The highest BCUT2D eigenvalue weighted by Gasteiger charge is 2.29. The molecule has 1 saturated carbocycles. The molecule has 0 unspecified atom stereocenters. The van der Waals surface area contributed by atoms with E-state index in [1.807, 2.05) is 0 Å². The van der Waals surface area contributed by atoms with E-state index in [2.05, 4.69) is 10.3 Å². The molecule has 0 saturated heterocycles. The van der Waals surface area contributed by atoms with Crippen LogP contribution >= 0.6 is 24.0 Å². The topological polar surface area (TPSA) is 59.6 Å². The minimum atomic E-state index is -4.33. The third kappa shape index (κ3) is 6.84. The molecular weight excluding hydrogens is 422 g/mol. The van der Waals surface area contributed by atoms with E-state index in [0.29, 0.717) is 30.8 Å². The maximum Gasteiger partial charge on any atom is 0.416 e. The Morgan fingerprint density at radius 1 is 1.26 bits per heavy atom. The molecule has 1 aliphatic carbocycles. The van der Waals surface area contributed by atoms with Crippen LogP contribution in [-0.2, 0) is 6.18 Å². The van der Waals surface area contributed by atoms with Crippen molar-refractivity contribution in [3.63, 3.8) is 0 Å².